The van der Waals surface area contributed by atoms with Gasteiger partial charge in [0.2, 0.25) is 11.8 Å². The second-order valence-corrected chi connectivity index (χ2v) is 8.42. The number of nitrogens with zero attached hydrogens (tertiary/aromatic N) is 2. The van der Waals surface area contributed by atoms with Crippen molar-refractivity contribution in [1.82, 2.24) is 4.90 Å². The number of amides is 3. The minimum atomic E-state index is -0.760. The molecule has 0 radical (unpaired) electrons. The van der Waals surface area contributed by atoms with Gasteiger partial charge in [-0.25, -0.2) is 0 Å². The number of carbonyl (C=O) groups is 3. The van der Waals surface area contributed by atoms with Gasteiger partial charge in [0.25, 0.3) is 5.91 Å². The summed E-state index contributed by atoms with van der Waals surface area (Å²) in [5.74, 6) is 0.282. The Labute approximate surface area is 188 Å². The highest BCUT2D eigenvalue weighted by molar-refractivity contribution is 6.10. The van der Waals surface area contributed by atoms with Crippen LogP contribution < -0.4 is 15.0 Å². The highest BCUT2D eigenvalue weighted by atomic mass is 16.5. The van der Waals surface area contributed by atoms with Crippen molar-refractivity contribution in [3.05, 3.63) is 54.1 Å². The van der Waals surface area contributed by atoms with Gasteiger partial charge in [0, 0.05) is 19.4 Å². The number of unbranched alkanes of at least 4 members (excludes halogenated alkanes) is 1. The van der Waals surface area contributed by atoms with E-state index in [9.17, 15) is 14.4 Å². The largest absolute Gasteiger partial charge is 0.491 e. The Morgan fingerprint density at radius 1 is 1.12 bits per heavy atom. The molecule has 0 spiro atoms. The maximum Gasteiger partial charge on any atom is 0.257 e. The summed E-state index contributed by atoms with van der Waals surface area (Å²) in [6.07, 6.45) is 3.01. The molecule has 2 heterocycles. The molecule has 4 rings (SSSR count). The van der Waals surface area contributed by atoms with Crippen molar-refractivity contribution in [2.75, 3.05) is 23.4 Å². The van der Waals surface area contributed by atoms with E-state index in [0.717, 1.165) is 12.8 Å². The summed E-state index contributed by atoms with van der Waals surface area (Å²) in [7, 11) is 0. The van der Waals surface area contributed by atoms with E-state index >= 15 is 0 Å². The van der Waals surface area contributed by atoms with Crippen LogP contribution in [0.2, 0.25) is 0 Å². The highest BCUT2D eigenvalue weighted by Crippen LogP contribution is 2.44. The molecule has 2 aromatic carbocycles. The first-order chi connectivity index (χ1) is 15.5. The lowest BCUT2D eigenvalue weighted by molar-refractivity contribution is -0.117. The van der Waals surface area contributed by atoms with Gasteiger partial charge in [0.05, 0.1) is 23.5 Å². The summed E-state index contributed by atoms with van der Waals surface area (Å²) >= 11 is 0. The quantitative estimate of drug-likeness (QED) is 0.631. The third-order valence-electron chi connectivity index (χ3n) is 6.22. The van der Waals surface area contributed by atoms with E-state index in [0.29, 0.717) is 42.1 Å². The normalized spacial score (nSPS) is 19.6. The van der Waals surface area contributed by atoms with Crippen LogP contribution in [0.5, 0.6) is 5.75 Å². The van der Waals surface area contributed by atoms with Gasteiger partial charge in [-0.15, -0.1) is 0 Å². The van der Waals surface area contributed by atoms with Gasteiger partial charge in [-0.2, -0.15) is 0 Å². The highest BCUT2D eigenvalue weighted by Gasteiger charge is 2.52. The second-order valence-electron chi connectivity index (χ2n) is 8.42. The van der Waals surface area contributed by atoms with Gasteiger partial charge in [0.15, 0.2) is 0 Å². The Morgan fingerprint density at radius 3 is 2.69 bits per heavy atom. The molecule has 0 aliphatic carbocycles. The van der Waals surface area contributed by atoms with Crippen molar-refractivity contribution in [2.24, 2.45) is 0 Å². The molecular weight excluding hydrogens is 406 g/mol. The molecule has 1 N–H and O–H groups in total. The lowest BCUT2D eigenvalue weighted by Gasteiger charge is -2.48. The van der Waals surface area contributed by atoms with Crippen LogP contribution in [0.15, 0.2) is 48.5 Å². The zero-order valence-corrected chi connectivity index (χ0v) is 18.6. The first-order valence-corrected chi connectivity index (χ1v) is 11.2. The SMILES string of the molecule is CCCCOc1ccccc1NC(=O)CCN1C(=O)c2ccccc2N2C(=O)CCC12C. The standard InChI is InChI=1S/C25H29N3O4/c1-3-4-17-32-21-12-8-6-10-19(21)26-22(29)14-16-27-24(31)18-9-5-7-11-20(18)28-23(30)13-15-25(27,28)2/h5-12H,3-4,13-17H2,1-2H3,(H,26,29). The number of benzene rings is 2. The van der Waals surface area contributed by atoms with Crippen LogP contribution in [0, 0.1) is 0 Å². The Hall–Kier alpha value is -3.35. The van der Waals surface area contributed by atoms with E-state index < -0.39 is 5.66 Å². The zero-order valence-electron chi connectivity index (χ0n) is 18.6. The molecule has 0 saturated carbocycles. The lowest BCUT2D eigenvalue weighted by atomic mass is 9.98. The molecule has 2 aliphatic rings. The smallest absolute Gasteiger partial charge is 0.257 e. The predicted molar refractivity (Wildman–Crippen MR) is 123 cm³/mol. The Bertz CT molecular complexity index is 1040. The number of carbonyl (C=O) groups excluding carboxylic acids is 3. The first kappa shape index (κ1) is 21.9. The second kappa shape index (κ2) is 9.02. The molecule has 0 aromatic heterocycles. The number of hydrogen-bond acceptors (Lipinski definition) is 4. The molecule has 2 aromatic rings. The lowest BCUT2D eigenvalue weighted by Crippen LogP contribution is -2.62. The molecular formula is C25H29N3O4. The molecule has 168 valence electrons. The summed E-state index contributed by atoms with van der Waals surface area (Å²) in [5, 5.41) is 2.91. The van der Waals surface area contributed by atoms with E-state index in [-0.39, 0.29) is 30.7 Å². The summed E-state index contributed by atoms with van der Waals surface area (Å²) in [6.45, 7) is 4.81. The summed E-state index contributed by atoms with van der Waals surface area (Å²) in [6, 6.07) is 14.5. The fourth-order valence-corrected chi connectivity index (χ4v) is 4.49. The van der Waals surface area contributed by atoms with Crippen LogP contribution in [-0.2, 0) is 9.59 Å². The summed E-state index contributed by atoms with van der Waals surface area (Å²) < 4.78 is 5.79. The molecule has 1 atom stereocenters. The van der Waals surface area contributed by atoms with Crippen LogP contribution in [0.3, 0.4) is 0 Å². The fourth-order valence-electron chi connectivity index (χ4n) is 4.49. The summed E-state index contributed by atoms with van der Waals surface area (Å²) in [5.41, 5.74) is 1.01. The Kier molecular flexibility index (Phi) is 6.17. The van der Waals surface area contributed by atoms with Crippen LogP contribution in [0.25, 0.3) is 0 Å². The van der Waals surface area contributed by atoms with Crippen molar-refractivity contribution in [2.45, 2.75) is 51.6 Å². The van der Waals surface area contributed by atoms with Gasteiger partial charge >= 0.3 is 0 Å². The average molecular weight is 436 g/mol. The van der Waals surface area contributed by atoms with Gasteiger partial charge in [-0.3, -0.25) is 19.3 Å². The topological polar surface area (TPSA) is 79.0 Å². The molecule has 7 heteroatoms. The number of para-hydroxylation sites is 3. The number of fused-ring (bicyclic) bond motifs is 3. The van der Waals surface area contributed by atoms with Crippen LogP contribution >= 0.6 is 0 Å². The van der Waals surface area contributed by atoms with E-state index in [4.69, 9.17) is 4.74 Å². The Morgan fingerprint density at radius 2 is 1.88 bits per heavy atom. The van der Waals surface area contributed by atoms with Gasteiger partial charge in [-0.05, 0) is 44.0 Å². The molecule has 0 bridgehead atoms. The molecule has 1 unspecified atom stereocenters. The number of hydrogen-bond donors (Lipinski definition) is 1. The molecule has 3 amide bonds. The van der Waals surface area contributed by atoms with E-state index in [1.807, 2.05) is 37.3 Å². The third-order valence-corrected chi connectivity index (χ3v) is 6.22. The monoisotopic (exact) mass is 435 g/mol. The van der Waals surface area contributed by atoms with Crippen LogP contribution in [0.4, 0.5) is 11.4 Å². The van der Waals surface area contributed by atoms with Crippen molar-refractivity contribution < 1.29 is 19.1 Å². The van der Waals surface area contributed by atoms with E-state index in [1.165, 1.54) is 0 Å². The molecule has 7 nitrogen and oxygen atoms in total. The van der Waals surface area contributed by atoms with Gasteiger partial charge in [0.1, 0.15) is 11.4 Å². The van der Waals surface area contributed by atoms with Gasteiger partial charge < -0.3 is 15.0 Å². The minimum absolute atomic E-state index is 0.0000527. The number of ether oxygens (including phenoxy) is 1. The van der Waals surface area contributed by atoms with Crippen molar-refractivity contribution in [3.8, 4) is 5.75 Å². The van der Waals surface area contributed by atoms with Crippen LogP contribution in [-0.4, -0.2) is 41.4 Å². The number of nitrogens with one attached hydrogen (secondary N) is 1. The van der Waals surface area contributed by atoms with Gasteiger partial charge in [-0.1, -0.05) is 37.6 Å². The predicted octanol–water partition coefficient (Wildman–Crippen LogP) is 4.19. The zero-order chi connectivity index (χ0) is 22.7. The number of anilines is 2. The number of rotatable bonds is 8. The molecule has 1 saturated heterocycles. The first-order valence-electron chi connectivity index (χ1n) is 11.2. The van der Waals surface area contributed by atoms with Crippen molar-refractivity contribution >= 4 is 29.1 Å². The van der Waals surface area contributed by atoms with E-state index in [2.05, 4.69) is 12.2 Å². The third kappa shape index (κ3) is 3.95. The maximum absolute atomic E-state index is 13.3. The van der Waals surface area contributed by atoms with E-state index in [1.54, 1.807) is 28.0 Å². The molecule has 32 heavy (non-hydrogen) atoms. The maximum atomic E-state index is 13.3. The average Bonchev–Trinajstić information content (AvgIpc) is 3.10. The summed E-state index contributed by atoms with van der Waals surface area (Å²) in [4.78, 5) is 42.1. The fraction of sp³-hybridized carbons (Fsp3) is 0.400. The van der Waals surface area contributed by atoms with Crippen molar-refractivity contribution in [3.63, 3.8) is 0 Å². The van der Waals surface area contributed by atoms with Crippen molar-refractivity contribution in [1.29, 1.82) is 0 Å². The Balaban J connectivity index is 1.48. The molecule has 1 fully saturated rings. The van der Waals surface area contributed by atoms with Crippen LogP contribution in [0.1, 0.15) is 56.3 Å². The minimum Gasteiger partial charge on any atom is -0.491 e. The molecule has 2 aliphatic heterocycles.